The van der Waals surface area contributed by atoms with E-state index in [2.05, 4.69) is 5.32 Å². The number of fused-ring (bicyclic) bond motifs is 1. The average Bonchev–Trinajstić information content (AvgIpc) is 2.93. The van der Waals surface area contributed by atoms with Crippen molar-refractivity contribution < 1.29 is 35.9 Å². The molecule has 1 saturated carbocycles. The van der Waals surface area contributed by atoms with Crippen LogP contribution in [-0.4, -0.2) is 35.8 Å². The Morgan fingerprint density at radius 1 is 0.854 bits per heavy atom. The summed E-state index contributed by atoms with van der Waals surface area (Å²) in [7, 11) is 1.35. The Bertz CT molecular complexity index is 1350. The fourth-order valence-electron chi connectivity index (χ4n) is 5.36. The number of halogens is 6. The summed E-state index contributed by atoms with van der Waals surface area (Å²) in [6.07, 6.45) is -4.68. The van der Waals surface area contributed by atoms with Gasteiger partial charge in [-0.1, -0.05) is 61.7 Å². The smallest absolute Gasteiger partial charge is 0.353 e. The highest BCUT2D eigenvalue weighted by atomic mass is 19.4. The lowest BCUT2D eigenvalue weighted by molar-refractivity contribution is -0.143. The maximum atomic E-state index is 13.4. The Morgan fingerprint density at radius 3 is 2.07 bits per heavy atom. The second-order valence-electron chi connectivity index (χ2n) is 10.7. The third-order valence-electron chi connectivity index (χ3n) is 7.66. The number of carbonyl (C=O) groups excluding carboxylic acids is 2. The summed E-state index contributed by atoms with van der Waals surface area (Å²) in [5, 5.41) is 4.96. The van der Waals surface area contributed by atoms with Gasteiger partial charge in [0.15, 0.2) is 0 Å². The molecular weight excluding hydrogens is 546 g/mol. The first kappa shape index (κ1) is 30.4. The number of likely N-dealkylation sites (N-methyl/N-ethyl adjacent to an activating group) is 1. The van der Waals surface area contributed by atoms with Gasteiger partial charge in [0.25, 0.3) is 5.91 Å². The summed E-state index contributed by atoms with van der Waals surface area (Å²) >= 11 is 0. The number of nitrogens with zero attached hydrogens (tertiary/aromatic N) is 1. The lowest BCUT2D eigenvalue weighted by Gasteiger charge is -2.30. The molecule has 2 amide bonds. The molecule has 4 rings (SSSR count). The first-order valence-electron chi connectivity index (χ1n) is 13.6. The molecule has 10 heteroatoms. The van der Waals surface area contributed by atoms with Crippen LogP contribution in [0.15, 0.2) is 60.7 Å². The first-order chi connectivity index (χ1) is 19.3. The molecule has 1 unspecified atom stereocenters. The van der Waals surface area contributed by atoms with Crippen LogP contribution in [0.2, 0.25) is 0 Å². The number of benzene rings is 3. The standard InChI is InChI=1S/C31H32F6N2O2/c1-39(29(41)23-17-24(30(32,33)34)19-25(18-23)31(35,36)37)27(13-14-28(40)38-26-9-3-2-4-10-26)16-20-11-12-21-7-5-6-8-22(21)15-20/h5-8,11-12,15,17-19,26-27H,2-4,9-10,13-14,16H2,1H3,(H,38,40). The molecule has 41 heavy (non-hydrogen) atoms. The van der Waals surface area contributed by atoms with Gasteiger partial charge in [0.1, 0.15) is 0 Å². The molecule has 1 atom stereocenters. The number of hydrogen-bond acceptors (Lipinski definition) is 2. The number of amides is 2. The molecule has 0 aromatic heterocycles. The number of carbonyl (C=O) groups is 2. The van der Waals surface area contributed by atoms with Gasteiger partial charge in [-0.15, -0.1) is 0 Å². The van der Waals surface area contributed by atoms with E-state index in [0.717, 1.165) is 53.3 Å². The monoisotopic (exact) mass is 578 g/mol. The van der Waals surface area contributed by atoms with E-state index in [0.29, 0.717) is 12.1 Å². The van der Waals surface area contributed by atoms with Crippen molar-refractivity contribution in [1.29, 1.82) is 0 Å². The minimum absolute atomic E-state index is 0.00105. The van der Waals surface area contributed by atoms with Crippen LogP contribution in [0.3, 0.4) is 0 Å². The number of alkyl halides is 6. The zero-order chi connectivity index (χ0) is 29.8. The molecule has 0 spiro atoms. The highest BCUT2D eigenvalue weighted by molar-refractivity contribution is 5.95. The lowest BCUT2D eigenvalue weighted by Crippen LogP contribution is -2.41. The summed E-state index contributed by atoms with van der Waals surface area (Å²) in [5.74, 6) is -1.18. The van der Waals surface area contributed by atoms with E-state index in [1.54, 1.807) is 0 Å². The third kappa shape index (κ3) is 8.01. The maximum absolute atomic E-state index is 13.4. The van der Waals surface area contributed by atoms with E-state index in [4.69, 9.17) is 0 Å². The van der Waals surface area contributed by atoms with Gasteiger partial charge in [-0.05, 0) is 60.2 Å². The normalized spacial score (nSPS) is 15.5. The largest absolute Gasteiger partial charge is 0.416 e. The van der Waals surface area contributed by atoms with Crippen molar-refractivity contribution in [3.63, 3.8) is 0 Å². The maximum Gasteiger partial charge on any atom is 0.416 e. The van der Waals surface area contributed by atoms with Crippen molar-refractivity contribution in [2.45, 2.75) is 75.8 Å². The SMILES string of the molecule is CN(C(=O)c1cc(C(F)(F)F)cc(C(F)(F)F)c1)C(CCC(=O)NC1CCCCC1)Cc1ccc2ccccc2c1. The van der Waals surface area contributed by atoms with Gasteiger partial charge in [-0.25, -0.2) is 0 Å². The molecule has 0 bridgehead atoms. The van der Waals surface area contributed by atoms with Crippen molar-refractivity contribution >= 4 is 22.6 Å². The Morgan fingerprint density at radius 2 is 1.46 bits per heavy atom. The molecule has 0 radical (unpaired) electrons. The van der Waals surface area contributed by atoms with Gasteiger partial charge < -0.3 is 10.2 Å². The van der Waals surface area contributed by atoms with E-state index in [9.17, 15) is 35.9 Å². The molecular formula is C31H32F6N2O2. The van der Waals surface area contributed by atoms with E-state index in [1.807, 2.05) is 42.5 Å². The molecule has 0 heterocycles. The van der Waals surface area contributed by atoms with Crippen LogP contribution in [0.5, 0.6) is 0 Å². The highest BCUT2D eigenvalue weighted by Crippen LogP contribution is 2.36. The van der Waals surface area contributed by atoms with Crippen LogP contribution < -0.4 is 5.32 Å². The van der Waals surface area contributed by atoms with Gasteiger partial charge in [-0.3, -0.25) is 9.59 Å². The summed E-state index contributed by atoms with van der Waals surface area (Å²) in [5.41, 5.74) is -3.00. The van der Waals surface area contributed by atoms with Gasteiger partial charge in [-0.2, -0.15) is 26.3 Å². The fraction of sp³-hybridized carbons (Fsp3) is 0.419. The van der Waals surface area contributed by atoms with Crippen molar-refractivity contribution in [2.24, 2.45) is 0 Å². The summed E-state index contributed by atoms with van der Waals surface area (Å²) in [6, 6.07) is 13.6. The molecule has 1 fully saturated rings. The van der Waals surface area contributed by atoms with E-state index < -0.39 is 41.0 Å². The Hall–Kier alpha value is -3.56. The lowest BCUT2D eigenvalue weighted by atomic mass is 9.94. The number of hydrogen-bond donors (Lipinski definition) is 1. The molecule has 220 valence electrons. The quantitative estimate of drug-likeness (QED) is 0.278. The topological polar surface area (TPSA) is 49.4 Å². The van der Waals surface area contributed by atoms with Crippen molar-refractivity contribution in [1.82, 2.24) is 10.2 Å². The Balaban J connectivity index is 1.60. The van der Waals surface area contributed by atoms with Crippen LogP contribution in [0.4, 0.5) is 26.3 Å². The third-order valence-corrected chi connectivity index (χ3v) is 7.66. The van der Waals surface area contributed by atoms with E-state index in [1.165, 1.54) is 7.05 Å². The zero-order valence-corrected chi connectivity index (χ0v) is 22.6. The summed E-state index contributed by atoms with van der Waals surface area (Å²) in [6.45, 7) is 0. The second kappa shape index (κ2) is 12.5. The van der Waals surface area contributed by atoms with Gasteiger partial charge >= 0.3 is 12.4 Å². The van der Waals surface area contributed by atoms with Crippen LogP contribution in [-0.2, 0) is 23.6 Å². The van der Waals surface area contributed by atoms with Crippen LogP contribution >= 0.6 is 0 Å². The van der Waals surface area contributed by atoms with Crippen molar-refractivity contribution in [2.75, 3.05) is 7.05 Å². The first-order valence-corrected chi connectivity index (χ1v) is 13.6. The Kier molecular flexibility index (Phi) is 9.29. The molecule has 3 aromatic carbocycles. The van der Waals surface area contributed by atoms with E-state index in [-0.39, 0.29) is 37.3 Å². The fourth-order valence-corrected chi connectivity index (χ4v) is 5.36. The predicted molar refractivity (Wildman–Crippen MR) is 144 cm³/mol. The molecule has 0 aliphatic heterocycles. The van der Waals surface area contributed by atoms with Gasteiger partial charge in [0.2, 0.25) is 5.91 Å². The van der Waals surface area contributed by atoms with Crippen molar-refractivity contribution in [3.05, 3.63) is 82.9 Å². The van der Waals surface area contributed by atoms with Crippen molar-refractivity contribution in [3.8, 4) is 0 Å². The van der Waals surface area contributed by atoms with Crippen LogP contribution in [0.25, 0.3) is 10.8 Å². The molecule has 3 aromatic rings. The molecule has 0 saturated heterocycles. The summed E-state index contributed by atoms with van der Waals surface area (Å²) < 4.78 is 80.6. The molecule has 1 aliphatic rings. The molecule has 1 N–H and O–H groups in total. The highest BCUT2D eigenvalue weighted by Gasteiger charge is 2.38. The zero-order valence-electron chi connectivity index (χ0n) is 22.6. The number of nitrogens with one attached hydrogen (secondary N) is 1. The molecule has 4 nitrogen and oxygen atoms in total. The van der Waals surface area contributed by atoms with Gasteiger partial charge in [0.05, 0.1) is 11.1 Å². The van der Waals surface area contributed by atoms with Crippen LogP contribution in [0.1, 0.15) is 72.0 Å². The minimum atomic E-state index is -5.07. The predicted octanol–water partition coefficient (Wildman–Crippen LogP) is 7.79. The second-order valence-corrected chi connectivity index (χ2v) is 10.7. The van der Waals surface area contributed by atoms with E-state index >= 15 is 0 Å². The van der Waals surface area contributed by atoms with Crippen LogP contribution in [0, 0.1) is 0 Å². The Labute approximate surface area is 234 Å². The average molecular weight is 579 g/mol. The van der Waals surface area contributed by atoms with Gasteiger partial charge in [0, 0.05) is 31.1 Å². The summed E-state index contributed by atoms with van der Waals surface area (Å²) in [4.78, 5) is 27.3. The minimum Gasteiger partial charge on any atom is -0.353 e. The molecule has 1 aliphatic carbocycles. The number of rotatable bonds is 8.